The second-order valence-electron chi connectivity index (χ2n) is 4.20. The van der Waals surface area contributed by atoms with Gasteiger partial charge in [-0.05, 0) is 13.8 Å². The Morgan fingerprint density at radius 3 is 2.67 bits per heavy atom. The van der Waals surface area contributed by atoms with Crippen LogP contribution in [0.3, 0.4) is 0 Å². The molecule has 0 bridgehead atoms. The summed E-state index contributed by atoms with van der Waals surface area (Å²) in [7, 11) is -1.21. The first-order valence-corrected chi connectivity index (χ1v) is 7.75. The van der Waals surface area contributed by atoms with Gasteiger partial charge in [-0.25, -0.2) is 18.4 Å². The first-order valence-electron chi connectivity index (χ1n) is 5.69. The van der Waals surface area contributed by atoms with Gasteiger partial charge in [0.1, 0.15) is 22.0 Å². The summed E-state index contributed by atoms with van der Waals surface area (Å²) in [4.78, 5) is 9.88. The highest BCUT2D eigenvalue weighted by Gasteiger charge is 2.17. The van der Waals surface area contributed by atoms with Crippen molar-refractivity contribution in [3.8, 4) is 5.88 Å². The molecule has 0 fully saturated rings. The fraction of sp³-hybridized carbons (Fsp3) is 0.636. The number of hydrogen-bond acceptors (Lipinski definition) is 6. The summed E-state index contributed by atoms with van der Waals surface area (Å²) >= 11 is 0. The summed E-state index contributed by atoms with van der Waals surface area (Å²) in [6.45, 7) is 4.24. The summed E-state index contributed by atoms with van der Waals surface area (Å²) in [6, 6.07) is 1.53. The van der Waals surface area contributed by atoms with E-state index in [1.807, 2.05) is 13.8 Å². The summed E-state index contributed by atoms with van der Waals surface area (Å²) in [6.07, 6.45) is 2.63. The van der Waals surface area contributed by atoms with Gasteiger partial charge >= 0.3 is 0 Å². The molecule has 1 unspecified atom stereocenters. The van der Waals surface area contributed by atoms with Gasteiger partial charge in [0.25, 0.3) is 0 Å². The van der Waals surface area contributed by atoms with E-state index in [1.54, 1.807) is 18.0 Å². The molecule has 0 aliphatic carbocycles. The van der Waals surface area contributed by atoms with Gasteiger partial charge in [0, 0.05) is 25.4 Å². The lowest BCUT2D eigenvalue weighted by molar-refractivity contribution is 0.326. The van der Waals surface area contributed by atoms with Crippen molar-refractivity contribution in [1.29, 1.82) is 0 Å². The SMILES string of the molecule is CCOc1cc(N(C)C(C)CS(C)(=O)=O)ncn1. The van der Waals surface area contributed by atoms with Crippen LogP contribution in [0.4, 0.5) is 5.82 Å². The fourth-order valence-corrected chi connectivity index (χ4v) is 2.63. The normalized spacial score (nSPS) is 13.1. The van der Waals surface area contributed by atoms with Gasteiger partial charge in [-0.3, -0.25) is 0 Å². The zero-order chi connectivity index (χ0) is 13.8. The van der Waals surface area contributed by atoms with Crippen molar-refractivity contribution in [2.45, 2.75) is 19.9 Å². The topological polar surface area (TPSA) is 72.4 Å². The maximum absolute atomic E-state index is 11.3. The van der Waals surface area contributed by atoms with Crippen molar-refractivity contribution in [3.63, 3.8) is 0 Å². The zero-order valence-corrected chi connectivity index (χ0v) is 11.9. The van der Waals surface area contributed by atoms with Crippen LogP contribution in [-0.4, -0.2) is 50.1 Å². The molecule has 0 radical (unpaired) electrons. The molecule has 0 saturated heterocycles. The molecular weight excluding hydrogens is 254 g/mol. The van der Waals surface area contributed by atoms with E-state index in [4.69, 9.17) is 4.74 Å². The highest BCUT2D eigenvalue weighted by Crippen LogP contribution is 2.17. The van der Waals surface area contributed by atoms with E-state index in [-0.39, 0.29) is 11.8 Å². The van der Waals surface area contributed by atoms with Gasteiger partial charge in [0.15, 0.2) is 0 Å². The molecule has 1 atom stereocenters. The van der Waals surface area contributed by atoms with Gasteiger partial charge < -0.3 is 9.64 Å². The first kappa shape index (κ1) is 14.7. The average Bonchev–Trinajstić information content (AvgIpc) is 2.26. The lowest BCUT2D eigenvalue weighted by atomic mass is 10.3. The van der Waals surface area contributed by atoms with Crippen molar-refractivity contribution in [2.24, 2.45) is 0 Å². The minimum absolute atomic E-state index is 0.0808. The Morgan fingerprint density at radius 1 is 1.44 bits per heavy atom. The molecule has 18 heavy (non-hydrogen) atoms. The van der Waals surface area contributed by atoms with Gasteiger partial charge in [-0.2, -0.15) is 0 Å². The van der Waals surface area contributed by atoms with Crippen LogP contribution in [0.2, 0.25) is 0 Å². The minimum atomic E-state index is -3.01. The van der Waals surface area contributed by atoms with E-state index in [2.05, 4.69) is 9.97 Å². The Labute approximate surface area is 108 Å². The number of hydrogen-bond donors (Lipinski definition) is 0. The number of ether oxygens (including phenoxy) is 1. The molecule has 6 nitrogen and oxygen atoms in total. The van der Waals surface area contributed by atoms with Crippen LogP contribution in [-0.2, 0) is 9.84 Å². The third-order valence-electron chi connectivity index (χ3n) is 2.49. The molecule has 0 aliphatic rings. The number of nitrogens with zero attached hydrogens (tertiary/aromatic N) is 3. The predicted octanol–water partition coefficient (Wildman–Crippen LogP) is 0.745. The molecular formula is C11H19N3O3S. The van der Waals surface area contributed by atoms with Crippen molar-refractivity contribution in [3.05, 3.63) is 12.4 Å². The third-order valence-corrected chi connectivity index (χ3v) is 3.57. The standard InChI is InChI=1S/C11H19N3O3S/c1-5-17-11-6-10(12-8-13-11)14(3)9(2)7-18(4,15)16/h6,8-9H,5,7H2,1-4H3. The van der Waals surface area contributed by atoms with Crippen molar-refractivity contribution in [2.75, 3.05) is 30.6 Å². The van der Waals surface area contributed by atoms with Gasteiger partial charge in [-0.1, -0.05) is 0 Å². The Hall–Kier alpha value is -1.37. The maximum atomic E-state index is 11.3. The molecule has 7 heteroatoms. The minimum Gasteiger partial charge on any atom is -0.478 e. The van der Waals surface area contributed by atoms with Crippen LogP contribution >= 0.6 is 0 Å². The number of anilines is 1. The largest absolute Gasteiger partial charge is 0.478 e. The van der Waals surface area contributed by atoms with Crippen LogP contribution in [0.1, 0.15) is 13.8 Å². The summed E-state index contributed by atoms with van der Waals surface area (Å²) < 4.78 is 27.8. The van der Waals surface area contributed by atoms with E-state index in [9.17, 15) is 8.42 Å². The Morgan fingerprint density at radius 2 is 2.11 bits per heavy atom. The van der Waals surface area contributed by atoms with Crippen LogP contribution < -0.4 is 9.64 Å². The highest BCUT2D eigenvalue weighted by molar-refractivity contribution is 7.90. The summed E-state index contributed by atoms with van der Waals surface area (Å²) in [5, 5.41) is 0. The third kappa shape index (κ3) is 4.48. The second kappa shape index (κ2) is 5.99. The summed E-state index contributed by atoms with van der Waals surface area (Å²) in [5.41, 5.74) is 0. The molecule has 102 valence electrons. The van der Waals surface area contributed by atoms with Gasteiger partial charge in [0.2, 0.25) is 5.88 Å². The van der Waals surface area contributed by atoms with Crippen LogP contribution in [0.15, 0.2) is 12.4 Å². The molecule has 1 aromatic heterocycles. The van der Waals surface area contributed by atoms with E-state index < -0.39 is 9.84 Å². The molecule has 0 amide bonds. The molecule has 1 rings (SSSR count). The fourth-order valence-electron chi connectivity index (χ4n) is 1.53. The highest BCUT2D eigenvalue weighted by atomic mass is 32.2. The van der Waals surface area contributed by atoms with Gasteiger partial charge in [-0.15, -0.1) is 0 Å². The zero-order valence-electron chi connectivity index (χ0n) is 11.1. The van der Waals surface area contributed by atoms with E-state index in [0.717, 1.165) is 0 Å². The van der Waals surface area contributed by atoms with E-state index in [1.165, 1.54) is 12.6 Å². The van der Waals surface area contributed by atoms with Crippen LogP contribution in [0, 0.1) is 0 Å². The molecule has 0 N–H and O–H groups in total. The van der Waals surface area contributed by atoms with Crippen LogP contribution in [0.25, 0.3) is 0 Å². The number of rotatable bonds is 6. The molecule has 0 aromatic carbocycles. The van der Waals surface area contributed by atoms with E-state index in [0.29, 0.717) is 18.3 Å². The smallest absolute Gasteiger partial charge is 0.218 e. The molecule has 0 saturated carbocycles. The molecule has 0 spiro atoms. The number of sulfone groups is 1. The molecule has 0 aliphatic heterocycles. The first-order chi connectivity index (χ1) is 8.33. The Kier molecular flexibility index (Phi) is 4.89. The summed E-state index contributed by atoms with van der Waals surface area (Å²) in [5.74, 6) is 1.21. The average molecular weight is 273 g/mol. The van der Waals surface area contributed by atoms with Crippen molar-refractivity contribution < 1.29 is 13.2 Å². The lowest BCUT2D eigenvalue weighted by Gasteiger charge is -2.25. The number of aromatic nitrogens is 2. The van der Waals surface area contributed by atoms with Crippen molar-refractivity contribution >= 4 is 15.7 Å². The second-order valence-corrected chi connectivity index (χ2v) is 6.38. The van der Waals surface area contributed by atoms with Gasteiger partial charge in [0.05, 0.1) is 12.4 Å². The molecule has 1 heterocycles. The Balaban J connectivity index is 2.82. The predicted molar refractivity (Wildman–Crippen MR) is 70.8 cm³/mol. The lowest BCUT2D eigenvalue weighted by Crippen LogP contribution is -2.35. The molecule has 1 aromatic rings. The Bertz CT molecular complexity index is 490. The maximum Gasteiger partial charge on any atom is 0.218 e. The monoisotopic (exact) mass is 273 g/mol. The quantitative estimate of drug-likeness (QED) is 0.761. The van der Waals surface area contributed by atoms with E-state index >= 15 is 0 Å². The van der Waals surface area contributed by atoms with Crippen LogP contribution in [0.5, 0.6) is 5.88 Å². The van der Waals surface area contributed by atoms with Crippen molar-refractivity contribution in [1.82, 2.24) is 9.97 Å².